The Morgan fingerprint density at radius 1 is 1.16 bits per heavy atom. The van der Waals surface area contributed by atoms with Crippen molar-refractivity contribution in [2.45, 2.75) is 31.7 Å². The van der Waals surface area contributed by atoms with Crippen molar-refractivity contribution in [3.8, 4) is 5.75 Å². The van der Waals surface area contributed by atoms with Crippen LogP contribution in [0.3, 0.4) is 0 Å². The van der Waals surface area contributed by atoms with Gasteiger partial charge in [-0.3, -0.25) is 0 Å². The van der Waals surface area contributed by atoms with Gasteiger partial charge in [-0.2, -0.15) is 0 Å². The summed E-state index contributed by atoms with van der Waals surface area (Å²) >= 11 is 0. The van der Waals surface area contributed by atoms with Crippen molar-refractivity contribution in [2.24, 2.45) is 0 Å². The molecule has 1 unspecified atom stereocenters. The zero-order valence-electron chi connectivity index (χ0n) is 11.9. The fraction of sp³-hybridized carbons (Fsp3) is 0.412. The van der Waals surface area contributed by atoms with E-state index in [0.717, 1.165) is 18.7 Å². The zero-order chi connectivity index (χ0) is 13.5. The van der Waals surface area contributed by atoms with Crippen molar-refractivity contribution < 1.29 is 4.74 Å². The molecule has 1 aliphatic rings. The second kappa shape index (κ2) is 4.53. The van der Waals surface area contributed by atoms with E-state index in [1.165, 1.54) is 16.3 Å². The number of hydrogen-bond donors (Lipinski definition) is 1. The molecular weight excluding hydrogens is 234 g/mol. The zero-order valence-corrected chi connectivity index (χ0v) is 11.9. The largest absolute Gasteiger partial charge is 0.496 e. The van der Waals surface area contributed by atoms with E-state index < -0.39 is 0 Å². The van der Waals surface area contributed by atoms with E-state index in [2.05, 4.69) is 55.6 Å². The molecule has 1 atom stereocenters. The molecule has 100 valence electrons. The van der Waals surface area contributed by atoms with Gasteiger partial charge in [0.15, 0.2) is 0 Å². The quantitative estimate of drug-likeness (QED) is 0.883. The first-order valence-electron chi connectivity index (χ1n) is 6.94. The first kappa shape index (κ1) is 12.5. The standard InChI is InChI=1S/C17H21NO/c1-17(2)14(10-11-18-17)16-13-7-5-4-6-12(13)8-9-15(16)19-3/h4-9,14,18H,10-11H2,1-3H3. The lowest BCUT2D eigenvalue weighted by atomic mass is 9.80. The maximum Gasteiger partial charge on any atom is 0.123 e. The molecule has 0 spiro atoms. The number of benzene rings is 2. The average molecular weight is 255 g/mol. The summed E-state index contributed by atoms with van der Waals surface area (Å²) in [6.45, 7) is 5.64. The van der Waals surface area contributed by atoms with E-state index in [1.807, 2.05) is 0 Å². The van der Waals surface area contributed by atoms with Crippen molar-refractivity contribution >= 4 is 10.8 Å². The predicted molar refractivity (Wildman–Crippen MR) is 79.9 cm³/mol. The number of rotatable bonds is 2. The summed E-state index contributed by atoms with van der Waals surface area (Å²) in [5, 5.41) is 6.22. The number of methoxy groups -OCH3 is 1. The Morgan fingerprint density at radius 3 is 2.63 bits per heavy atom. The molecule has 1 heterocycles. The van der Waals surface area contributed by atoms with Gasteiger partial charge in [-0.25, -0.2) is 0 Å². The maximum atomic E-state index is 5.63. The number of ether oxygens (including phenoxy) is 1. The Morgan fingerprint density at radius 2 is 1.95 bits per heavy atom. The van der Waals surface area contributed by atoms with E-state index >= 15 is 0 Å². The molecule has 2 aromatic carbocycles. The Labute approximate surface area is 114 Å². The van der Waals surface area contributed by atoms with Gasteiger partial charge in [0, 0.05) is 17.0 Å². The molecule has 1 fully saturated rings. The van der Waals surface area contributed by atoms with Crippen LogP contribution in [-0.4, -0.2) is 19.2 Å². The fourth-order valence-electron chi connectivity index (χ4n) is 3.34. The van der Waals surface area contributed by atoms with E-state index in [1.54, 1.807) is 7.11 Å². The highest BCUT2D eigenvalue weighted by molar-refractivity contribution is 5.88. The Bertz CT molecular complexity index is 603. The summed E-state index contributed by atoms with van der Waals surface area (Å²) < 4.78 is 5.63. The van der Waals surface area contributed by atoms with Crippen LogP contribution in [-0.2, 0) is 0 Å². The summed E-state index contributed by atoms with van der Waals surface area (Å²) in [5.74, 6) is 1.51. The molecule has 1 N–H and O–H groups in total. The first-order chi connectivity index (χ1) is 9.13. The van der Waals surface area contributed by atoms with Crippen molar-refractivity contribution in [1.82, 2.24) is 5.32 Å². The molecule has 2 heteroatoms. The molecule has 0 amide bonds. The molecular formula is C17H21NO. The van der Waals surface area contributed by atoms with Gasteiger partial charge in [0.05, 0.1) is 7.11 Å². The third kappa shape index (κ3) is 2.00. The van der Waals surface area contributed by atoms with Crippen LogP contribution in [0.4, 0.5) is 0 Å². The highest BCUT2D eigenvalue weighted by atomic mass is 16.5. The third-order valence-corrected chi connectivity index (χ3v) is 4.38. The third-order valence-electron chi connectivity index (χ3n) is 4.38. The van der Waals surface area contributed by atoms with Crippen LogP contribution >= 0.6 is 0 Å². The van der Waals surface area contributed by atoms with Crippen LogP contribution in [0.2, 0.25) is 0 Å². The molecule has 19 heavy (non-hydrogen) atoms. The van der Waals surface area contributed by atoms with Gasteiger partial charge in [-0.05, 0) is 43.7 Å². The summed E-state index contributed by atoms with van der Waals surface area (Å²) in [6.07, 6.45) is 1.16. The van der Waals surface area contributed by atoms with Gasteiger partial charge in [0.1, 0.15) is 5.75 Å². The van der Waals surface area contributed by atoms with Gasteiger partial charge in [0.25, 0.3) is 0 Å². The number of fused-ring (bicyclic) bond motifs is 1. The van der Waals surface area contributed by atoms with E-state index in [9.17, 15) is 0 Å². The molecule has 0 aromatic heterocycles. The summed E-state index contributed by atoms with van der Waals surface area (Å²) in [4.78, 5) is 0. The van der Waals surface area contributed by atoms with Gasteiger partial charge in [-0.1, -0.05) is 30.3 Å². The van der Waals surface area contributed by atoms with Crippen LogP contribution in [0.5, 0.6) is 5.75 Å². The second-order valence-electron chi connectivity index (χ2n) is 5.89. The lowest BCUT2D eigenvalue weighted by Crippen LogP contribution is -2.37. The minimum atomic E-state index is 0.122. The van der Waals surface area contributed by atoms with E-state index in [4.69, 9.17) is 4.74 Å². The molecule has 1 saturated heterocycles. The summed E-state index contributed by atoms with van der Waals surface area (Å²) in [6, 6.07) is 12.8. The molecule has 0 aliphatic carbocycles. The average Bonchev–Trinajstić information content (AvgIpc) is 2.76. The Hall–Kier alpha value is -1.54. The normalized spacial score (nSPS) is 21.7. The van der Waals surface area contributed by atoms with Crippen LogP contribution in [0.15, 0.2) is 36.4 Å². The van der Waals surface area contributed by atoms with Crippen LogP contribution < -0.4 is 10.1 Å². The lowest BCUT2D eigenvalue weighted by Gasteiger charge is -2.29. The van der Waals surface area contributed by atoms with E-state index in [-0.39, 0.29) is 5.54 Å². The number of hydrogen-bond acceptors (Lipinski definition) is 2. The van der Waals surface area contributed by atoms with Crippen LogP contribution in [0, 0.1) is 0 Å². The minimum absolute atomic E-state index is 0.122. The topological polar surface area (TPSA) is 21.3 Å². The SMILES string of the molecule is COc1ccc2ccccc2c1C1CCNC1(C)C. The molecule has 0 saturated carbocycles. The summed E-state index contributed by atoms with van der Waals surface area (Å²) in [7, 11) is 1.77. The van der Waals surface area contributed by atoms with Gasteiger partial charge >= 0.3 is 0 Å². The Kier molecular flexibility index (Phi) is 2.98. The van der Waals surface area contributed by atoms with Gasteiger partial charge in [0.2, 0.25) is 0 Å². The highest BCUT2D eigenvalue weighted by Gasteiger charge is 2.37. The van der Waals surface area contributed by atoms with Gasteiger partial charge < -0.3 is 10.1 Å². The van der Waals surface area contributed by atoms with Crippen molar-refractivity contribution in [1.29, 1.82) is 0 Å². The minimum Gasteiger partial charge on any atom is -0.496 e. The smallest absolute Gasteiger partial charge is 0.123 e. The lowest BCUT2D eigenvalue weighted by molar-refractivity contribution is 0.378. The molecule has 3 rings (SSSR count). The number of nitrogens with one attached hydrogen (secondary N) is 1. The first-order valence-corrected chi connectivity index (χ1v) is 6.94. The van der Waals surface area contributed by atoms with E-state index in [0.29, 0.717) is 5.92 Å². The molecule has 0 bridgehead atoms. The Balaban J connectivity index is 2.25. The van der Waals surface area contributed by atoms with Crippen LogP contribution in [0.1, 0.15) is 31.7 Å². The molecule has 0 radical (unpaired) electrons. The molecule has 2 aromatic rings. The molecule has 1 aliphatic heterocycles. The van der Waals surface area contributed by atoms with Crippen molar-refractivity contribution in [3.05, 3.63) is 42.0 Å². The summed E-state index contributed by atoms with van der Waals surface area (Å²) in [5.41, 5.74) is 1.48. The molecule has 2 nitrogen and oxygen atoms in total. The second-order valence-corrected chi connectivity index (χ2v) is 5.89. The fourth-order valence-corrected chi connectivity index (χ4v) is 3.34. The maximum absolute atomic E-state index is 5.63. The predicted octanol–water partition coefficient (Wildman–Crippen LogP) is 3.70. The highest BCUT2D eigenvalue weighted by Crippen LogP contribution is 2.43. The monoisotopic (exact) mass is 255 g/mol. The van der Waals surface area contributed by atoms with Crippen LogP contribution in [0.25, 0.3) is 10.8 Å². The van der Waals surface area contributed by atoms with Gasteiger partial charge in [-0.15, -0.1) is 0 Å². The van der Waals surface area contributed by atoms with Crippen molar-refractivity contribution in [2.75, 3.05) is 13.7 Å². The van der Waals surface area contributed by atoms with Crippen molar-refractivity contribution in [3.63, 3.8) is 0 Å².